The van der Waals surface area contributed by atoms with Gasteiger partial charge in [-0.2, -0.15) is 4.31 Å². The average Bonchev–Trinajstić information content (AvgIpc) is 3.33. The first-order chi connectivity index (χ1) is 15.7. The predicted octanol–water partition coefficient (Wildman–Crippen LogP) is 1.97. The molecule has 176 valence electrons. The van der Waals surface area contributed by atoms with Crippen LogP contribution in [0.2, 0.25) is 0 Å². The van der Waals surface area contributed by atoms with Gasteiger partial charge in [0.1, 0.15) is 6.04 Å². The van der Waals surface area contributed by atoms with Crippen LogP contribution in [0.4, 0.5) is 0 Å². The minimum Gasteiger partial charge on any atom is -0.464 e. The zero-order chi connectivity index (χ0) is 23.8. The van der Waals surface area contributed by atoms with Gasteiger partial charge in [0.15, 0.2) is 5.58 Å². The molecule has 0 amide bonds. The fourth-order valence-electron chi connectivity index (χ4n) is 3.99. The Kier molecular flexibility index (Phi) is 6.42. The number of benzene rings is 2. The Labute approximate surface area is 191 Å². The number of fused-ring (bicyclic) bond motifs is 1. The molecule has 1 aliphatic heterocycles. The quantitative estimate of drug-likeness (QED) is 0.411. The Hall–Kier alpha value is -2.95. The van der Waals surface area contributed by atoms with E-state index in [1.54, 1.807) is 36.4 Å². The minimum atomic E-state index is -3.99. The second kappa shape index (κ2) is 9.12. The summed E-state index contributed by atoms with van der Waals surface area (Å²) in [4.78, 5) is 24.8. The van der Waals surface area contributed by atoms with E-state index in [1.165, 1.54) is 10.6 Å². The smallest absolute Gasteiger partial charge is 0.419 e. The number of β-amino-alcohol motifs (C(OH)–C–C–N with tert-alkyl or cyclic N) is 1. The first-order valence-electron chi connectivity index (χ1n) is 10.7. The molecule has 0 aliphatic carbocycles. The molecule has 1 unspecified atom stereocenters. The summed E-state index contributed by atoms with van der Waals surface area (Å²) in [5.74, 6) is -1.21. The standard InChI is InChI=1S/C23H26N2O7S/c1-15-8-9-18(12-16(15)2)33(29,30)25-14-17(26)13-20(25)22(27)31-11-5-10-24-19-6-3-4-7-21(19)32-23(24)28/h3-4,6-9,12,17,20,26H,5,10-11,13-14H2,1-2H3/t17?,20-/m0/s1. The van der Waals surface area contributed by atoms with Crippen molar-refractivity contribution in [3.05, 3.63) is 64.1 Å². The van der Waals surface area contributed by atoms with E-state index in [9.17, 15) is 23.1 Å². The average molecular weight is 475 g/mol. The highest BCUT2D eigenvalue weighted by molar-refractivity contribution is 7.89. The maximum absolute atomic E-state index is 13.2. The maximum atomic E-state index is 13.2. The van der Waals surface area contributed by atoms with Crippen LogP contribution in [-0.2, 0) is 26.1 Å². The van der Waals surface area contributed by atoms with Crippen molar-refractivity contribution in [1.82, 2.24) is 8.87 Å². The molecule has 1 aliphatic rings. The lowest BCUT2D eigenvalue weighted by Crippen LogP contribution is -2.41. The third-order valence-corrected chi connectivity index (χ3v) is 7.81. The molecule has 33 heavy (non-hydrogen) atoms. The van der Waals surface area contributed by atoms with Crippen molar-refractivity contribution in [3.8, 4) is 0 Å². The van der Waals surface area contributed by atoms with Crippen molar-refractivity contribution in [2.45, 2.75) is 50.3 Å². The number of rotatable bonds is 7. The second-order valence-electron chi connectivity index (χ2n) is 8.23. The normalized spacial score (nSPS) is 19.2. The van der Waals surface area contributed by atoms with Crippen molar-refractivity contribution in [1.29, 1.82) is 0 Å². The van der Waals surface area contributed by atoms with Gasteiger partial charge >= 0.3 is 11.7 Å². The number of hydrogen-bond acceptors (Lipinski definition) is 7. The first-order valence-corrected chi connectivity index (χ1v) is 12.1. The van der Waals surface area contributed by atoms with Gasteiger partial charge in [-0.25, -0.2) is 13.2 Å². The summed E-state index contributed by atoms with van der Waals surface area (Å²) in [7, 11) is -3.99. The van der Waals surface area contributed by atoms with Crippen LogP contribution in [0, 0.1) is 13.8 Å². The highest BCUT2D eigenvalue weighted by Crippen LogP contribution is 2.28. The molecule has 1 saturated heterocycles. The lowest BCUT2D eigenvalue weighted by molar-refractivity contribution is -0.147. The summed E-state index contributed by atoms with van der Waals surface area (Å²) in [5, 5.41) is 10.1. The van der Waals surface area contributed by atoms with Crippen LogP contribution in [-0.4, -0.2) is 53.7 Å². The van der Waals surface area contributed by atoms with Crippen LogP contribution in [0.25, 0.3) is 11.1 Å². The van der Waals surface area contributed by atoms with Crippen molar-refractivity contribution < 1.29 is 27.5 Å². The van der Waals surface area contributed by atoms with Crippen LogP contribution < -0.4 is 5.76 Å². The van der Waals surface area contributed by atoms with E-state index >= 15 is 0 Å². The SMILES string of the molecule is Cc1ccc(S(=O)(=O)N2CC(O)C[C@H]2C(=O)OCCCn2c(=O)oc3ccccc32)cc1C. The van der Waals surface area contributed by atoms with E-state index in [1.807, 2.05) is 13.8 Å². The van der Waals surface area contributed by atoms with Crippen molar-refractivity contribution in [3.63, 3.8) is 0 Å². The lowest BCUT2D eigenvalue weighted by atomic mass is 10.1. The molecule has 0 radical (unpaired) electrons. The summed E-state index contributed by atoms with van der Waals surface area (Å²) in [5.41, 5.74) is 2.90. The van der Waals surface area contributed by atoms with E-state index in [2.05, 4.69) is 0 Å². The molecule has 0 bridgehead atoms. The second-order valence-corrected chi connectivity index (χ2v) is 10.1. The van der Waals surface area contributed by atoms with Gasteiger partial charge < -0.3 is 14.3 Å². The number of carbonyl (C=O) groups excluding carboxylic acids is 1. The highest BCUT2D eigenvalue weighted by atomic mass is 32.2. The largest absolute Gasteiger partial charge is 0.464 e. The molecule has 10 heteroatoms. The zero-order valence-electron chi connectivity index (χ0n) is 18.4. The molecule has 0 spiro atoms. The minimum absolute atomic E-state index is 0.00506. The summed E-state index contributed by atoms with van der Waals surface area (Å²) in [6.07, 6.45) is -0.650. The van der Waals surface area contributed by atoms with Gasteiger partial charge in [-0.1, -0.05) is 18.2 Å². The van der Waals surface area contributed by atoms with Crippen LogP contribution in [0.3, 0.4) is 0 Å². The van der Waals surface area contributed by atoms with Crippen LogP contribution in [0.15, 0.2) is 56.6 Å². The van der Waals surface area contributed by atoms with E-state index in [-0.39, 0.29) is 31.0 Å². The molecular formula is C23H26N2O7S. The Morgan fingerprint density at radius 2 is 1.94 bits per heavy atom. The van der Waals surface area contributed by atoms with Gasteiger partial charge in [0.25, 0.3) is 0 Å². The Morgan fingerprint density at radius 3 is 2.70 bits per heavy atom. The molecule has 9 nitrogen and oxygen atoms in total. The van der Waals surface area contributed by atoms with E-state index in [0.717, 1.165) is 15.4 Å². The number of sulfonamides is 1. The number of oxazole rings is 1. The summed E-state index contributed by atoms with van der Waals surface area (Å²) >= 11 is 0. The maximum Gasteiger partial charge on any atom is 0.419 e. The van der Waals surface area contributed by atoms with Crippen molar-refractivity contribution in [2.75, 3.05) is 13.2 Å². The fraction of sp³-hybridized carbons (Fsp3) is 0.391. The fourth-order valence-corrected chi connectivity index (χ4v) is 5.70. The highest BCUT2D eigenvalue weighted by Gasteiger charge is 2.44. The zero-order valence-corrected chi connectivity index (χ0v) is 19.2. The van der Waals surface area contributed by atoms with Crippen LogP contribution >= 0.6 is 0 Å². The van der Waals surface area contributed by atoms with Gasteiger partial charge in [0.2, 0.25) is 10.0 Å². The number of aliphatic hydroxyl groups is 1. The molecule has 2 heterocycles. The molecule has 2 aromatic carbocycles. The van der Waals surface area contributed by atoms with Crippen LogP contribution in [0.1, 0.15) is 24.0 Å². The molecule has 0 saturated carbocycles. The number of carbonyl (C=O) groups is 1. The molecule has 4 rings (SSSR count). The van der Waals surface area contributed by atoms with Crippen molar-refractivity contribution in [2.24, 2.45) is 0 Å². The number of aryl methyl sites for hydroxylation is 3. The summed E-state index contributed by atoms with van der Waals surface area (Å²) < 4.78 is 39.3. The Balaban J connectivity index is 1.42. The summed E-state index contributed by atoms with van der Waals surface area (Å²) in [6, 6.07) is 10.7. The topological polar surface area (TPSA) is 119 Å². The molecule has 1 N–H and O–H groups in total. The first kappa shape index (κ1) is 23.2. The monoisotopic (exact) mass is 474 g/mol. The van der Waals surface area contributed by atoms with Gasteiger partial charge in [0.05, 0.1) is 23.1 Å². The number of aliphatic hydroxyl groups excluding tert-OH is 1. The van der Waals surface area contributed by atoms with Gasteiger partial charge in [-0.05, 0) is 55.7 Å². The third kappa shape index (κ3) is 4.59. The molecule has 1 aromatic heterocycles. The predicted molar refractivity (Wildman–Crippen MR) is 120 cm³/mol. The Morgan fingerprint density at radius 1 is 1.18 bits per heavy atom. The van der Waals surface area contributed by atoms with Gasteiger partial charge in [0, 0.05) is 19.5 Å². The number of hydrogen-bond donors (Lipinski definition) is 1. The van der Waals surface area contributed by atoms with E-state index < -0.39 is 33.9 Å². The van der Waals surface area contributed by atoms with Crippen LogP contribution in [0.5, 0.6) is 0 Å². The summed E-state index contributed by atoms with van der Waals surface area (Å²) in [6.45, 7) is 3.79. The molecule has 2 atom stereocenters. The molecule has 1 fully saturated rings. The van der Waals surface area contributed by atoms with E-state index in [4.69, 9.17) is 9.15 Å². The third-order valence-electron chi connectivity index (χ3n) is 5.93. The molecule has 3 aromatic rings. The van der Waals surface area contributed by atoms with E-state index in [0.29, 0.717) is 17.5 Å². The Bertz CT molecular complexity index is 1340. The van der Waals surface area contributed by atoms with Gasteiger partial charge in [-0.3, -0.25) is 9.36 Å². The molecular weight excluding hydrogens is 448 g/mol. The number of ether oxygens (including phenoxy) is 1. The van der Waals surface area contributed by atoms with Gasteiger partial charge in [-0.15, -0.1) is 0 Å². The number of esters is 1. The number of para-hydroxylation sites is 2. The number of nitrogens with zero attached hydrogens (tertiary/aromatic N) is 2. The van der Waals surface area contributed by atoms with Crippen molar-refractivity contribution >= 4 is 27.1 Å². The lowest BCUT2D eigenvalue weighted by Gasteiger charge is -2.23. The number of aromatic nitrogens is 1.